The van der Waals surface area contributed by atoms with E-state index in [1.807, 2.05) is 30.9 Å². The number of thioether (sulfide) groups is 1. The first-order chi connectivity index (χ1) is 13.2. The summed E-state index contributed by atoms with van der Waals surface area (Å²) in [4.78, 5) is 4.49. The van der Waals surface area contributed by atoms with Crippen LogP contribution in [0.2, 0.25) is 5.02 Å². The molecule has 1 saturated heterocycles. The topological polar surface area (TPSA) is 45.7 Å². The molecule has 1 saturated carbocycles. The molecule has 1 aliphatic heterocycles. The number of ether oxygens (including phenoxy) is 1. The summed E-state index contributed by atoms with van der Waals surface area (Å²) >= 11 is 8.56. The van der Waals surface area contributed by atoms with Gasteiger partial charge in [0.1, 0.15) is 0 Å². The zero-order valence-electron chi connectivity index (χ0n) is 16.5. The minimum Gasteiger partial charge on any atom is -0.381 e. The minimum atomic E-state index is -0.0113. The number of hydrogen-bond donors (Lipinski definition) is 2. The average molecular weight is 410 g/mol. The molecule has 0 spiro atoms. The van der Waals surface area contributed by atoms with Gasteiger partial charge in [-0.1, -0.05) is 36.2 Å². The second-order valence-electron chi connectivity index (χ2n) is 7.66. The van der Waals surface area contributed by atoms with Crippen molar-refractivity contribution in [1.82, 2.24) is 10.6 Å². The first-order valence-corrected chi connectivity index (χ1v) is 11.7. The molecule has 2 fully saturated rings. The molecular formula is C21H32ClN3OS. The van der Waals surface area contributed by atoms with Crippen molar-refractivity contribution in [2.24, 2.45) is 4.99 Å². The molecule has 6 heteroatoms. The highest BCUT2D eigenvalue weighted by atomic mass is 35.5. The highest BCUT2D eigenvalue weighted by Gasteiger charge is 2.36. The first-order valence-electron chi connectivity index (χ1n) is 9.99. The summed E-state index contributed by atoms with van der Waals surface area (Å²) in [5.41, 5.74) is 1.21. The van der Waals surface area contributed by atoms with E-state index in [9.17, 15) is 0 Å². The summed E-state index contributed by atoms with van der Waals surface area (Å²) in [5.74, 6) is 0.902. The van der Waals surface area contributed by atoms with Gasteiger partial charge in [-0.25, -0.2) is 0 Å². The third-order valence-corrected chi connectivity index (χ3v) is 7.44. The Balaban J connectivity index is 1.66. The molecule has 3 rings (SSSR count). The molecule has 0 radical (unpaired) electrons. The van der Waals surface area contributed by atoms with Crippen LogP contribution in [0.3, 0.4) is 0 Å². The maximum absolute atomic E-state index is 6.57. The third-order valence-electron chi connectivity index (χ3n) is 6.01. The van der Waals surface area contributed by atoms with Crippen molar-refractivity contribution >= 4 is 29.3 Å². The van der Waals surface area contributed by atoms with Crippen LogP contribution in [0.15, 0.2) is 29.3 Å². The van der Waals surface area contributed by atoms with Gasteiger partial charge in [0.25, 0.3) is 0 Å². The normalized spacial score (nSPS) is 25.8. The molecule has 2 aliphatic rings. The fraction of sp³-hybridized carbons (Fsp3) is 0.667. The Morgan fingerprint density at radius 1 is 1.30 bits per heavy atom. The summed E-state index contributed by atoms with van der Waals surface area (Å²) in [6.45, 7) is 2.37. The maximum atomic E-state index is 6.57. The van der Waals surface area contributed by atoms with Gasteiger partial charge in [0.15, 0.2) is 5.96 Å². The predicted molar refractivity (Wildman–Crippen MR) is 117 cm³/mol. The molecule has 27 heavy (non-hydrogen) atoms. The van der Waals surface area contributed by atoms with E-state index < -0.39 is 0 Å². The van der Waals surface area contributed by atoms with Crippen molar-refractivity contribution in [1.29, 1.82) is 0 Å². The van der Waals surface area contributed by atoms with Gasteiger partial charge in [-0.15, -0.1) is 0 Å². The lowest BCUT2D eigenvalue weighted by molar-refractivity contribution is 0.0514. The van der Waals surface area contributed by atoms with Gasteiger partial charge in [-0.2, -0.15) is 11.8 Å². The lowest BCUT2D eigenvalue weighted by atomic mass is 9.74. The van der Waals surface area contributed by atoms with Gasteiger partial charge in [-0.3, -0.25) is 4.99 Å². The summed E-state index contributed by atoms with van der Waals surface area (Å²) < 4.78 is 5.65. The van der Waals surface area contributed by atoms with Crippen LogP contribution in [-0.2, 0) is 10.2 Å². The van der Waals surface area contributed by atoms with Gasteiger partial charge in [0, 0.05) is 48.5 Å². The molecule has 150 valence electrons. The van der Waals surface area contributed by atoms with Crippen LogP contribution in [0.5, 0.6) is 0 Å². The fourth-order valence-corrected chi connectivity index (χ4v) is 5.49. The zero-order chi connectivity index (χ0) is 19.1. The Labute approximate surface area is 172 Å². The largest absolute Gasteiger partial charge is 0.381 e. The van der Waals surface area contributed by atoms with E-state index in [-0.39, 0.29) is 5.41 Å². The van der Waals surface area contributed by atoms with Crippen molar-refractivity contribution in [2.75, 3.05) is 33.1 Å². The summed E-state index contributed by atoms with van der Waals surface area (Å²) in [6, 6.07) is 8.74. The molecule has 4 nitrogen and oxygen atoms in total. The predicted octanol–water partition coefficient (Wildman–Crippen LogP) is 4.23. The maximum Gasteiger partial charge on any atom is 0.191 e. The van der Waals surface area contributed by atoms with Gasteiger partial charge in [0.05, 0.1) is 0 Å². The van der Waals surface area contributed by atoms with E-state index in [0.717, 1.165) is 48.8 Å². The van der Waals surface area contributed by atoms with Gasteiger partial charge < -0.3 is 15.4 Å². The molecule has 1 aromatic rings. The Bertz CT molecular complexity index is 634. The van der Waals surface area contributed by atoms with Crippen LogP contribution in [0.4, 0.5) is 0 Å². The molecule has 1 heterocycles. The summed E-state index contributed by atoms with van der Waals surface area (Å²) in [7, 11) is 1.86. The van der Waals surface area contributed by atoms with E-state index in [1.54, 1.807) is 0 Å². The fourth-order valence-electron chi connectivity index (χ4n) is 4.33. The highest BCUT2D eigenvalue weighted by molar-refractivity contribution is 7.99. The van der Waals surface area contributed by atoms with Crippen molar-refractivity contribution in [3.05, 3.63) is 34.9 Å². The number of nitrogens with one attached hydrogen (secondary N) is 2. The van der Waals surface area contributed by atoms with Crippen LogP contribution in [0, 0.1) is 0 Å². The van der Waals surface area contributed by atoms with Crippen LogP contribution in [0.25, 0.3) is 0 Å². The number of aliphatic imine (C=N–C) groups is 1. The van der Waals surface area contributed by atoms with Crippen molar-refractivity contribution in [3.63, 3.8) is 0 Å². The molecular weight excluding hydrogens is 378 g/mol. The number of halogens is 1. The SMILES string of the molecule is CN=C(NCC1(c2ccccc2Cl)CCOCC1)NC1CCCC(SC)C1. The molecule has 0 amide bonds. The van der Waals surface area contributed by atoms with E-state index in [1.165, 1.54) is 31.2 Å². The second kappa shape index (κ2) is 10.0. The van der Waals surface area contributed by atoms with Crippen LogP contribution in [-0.4, -0.2) is 50.3 Å². The average Bonchev–Trinajstić information content (AvgIpc) is 2.72. The molecule has 0 aromatic heterocycles. The number of benzene rings is 1. The third kappa shape index (κ3) is 5.33. The summed E-state index contributed by atoms with van der Waals surface area (Å²) in [6.07, 6.45) is 9.23. The van der Waals surface area contributed by atoms with Gasteiger partial charge in [-0.05, 0) is 50.0 Å². The van der Waals surface area contributed by atoms with Crippen molar-refractivity contribution < 1.29 is 4.74 Å². The minimum absolute atomic E-state index is 0.0113. The number of hydrogen-bond acceptors (Lipinski definition) is 3. The van der Waals surface area contributed by atoms with E-state index in [4.69, 9.17) is 16.3 Å². The Hall–Kier alpha value is -0.910. The first kappa shape index (κ1) is 20.8. The summed E-state index contributed by atoms with van der Waals surface area (Å²) in [5, 5.41) is 8.87. The lowest BCUT2D eigenvalue weighted by Crippen LogP contribution is -2.51. The Kier molecular flexibility index (Phi) is 7.74. The monoisotopic (exact) mass is 409 g/mol. The standard InChI is InChI=1S/C21H32ClN3OS/c1-23-20(25-16-6-5-7-17(14-16)27-2)24-15-21(10-12-26-13-11-21)18-8-3-4-9-19(18)22/h3-4,8-9,16-17H,5-7,10-15H2,1-2H3,(H2,23,24,25). The van der Waals surface area contributed by atoms with E-state index in [2.05, 4.69) is 34.0 Å². The Morgan fingerprint density at radius 3 is 2.78 bits per heavy atom. The molecule has 2 unspecified atom stereocenters. The molecule has 0 bridgehead atoms. The highest BCUT2D eigenvalue weighted by Crippen LogP contribution is 2.38. The number of nitrogens with zero attached hydrogens (tertiary/aromatic N) is 1. The molecule has 1 aromatic carbocycles. The van der Waals surface area contributed by atoms with Crippen LogP contribution >= 0.6 is 23.4 Å². The number of rotatable bonds is 5. The quantitative estimate of drug-likeness (QED) is 0.564. The van der Waals surface area contributed by atoms with Gasteiger partial charge in [0.2, 0.25) is 0 Å². The molecule has 2 N–H and O–H groups in total. The van der Waals surface area contributed by atoms with Crippen molar-refractivity contribution in [3.8, 4) is 0 Å². The van der Waals surface area contributed by atoms with Crippen LogP contribution < -0.4 is 10.6 Å². The van der Waals surface area contributed by atoms with E-state index >= 15 is 0 Å². The number of guanidine groups is 1. The van der Waals surface area contributed by atoms with Crippen LogP contribution in [0.1, 0.15) is 44.1 Å². The second-order valence-corrected chi connectivity index (χ2v) is 9.21. The lowest BCUT2D eigenvalue weighted by Gasteiger charge is -2.39. The van der Waals surface area contributed by atoms with E-state index in [0.29, 0.717) is 6.04 Å². The van der Waals surface area contributed by atoms with Crippen molar-refractivity contribution in [2.45, 2.75) is 55.2 Å². The molecule has 1 aliphatic carbocycles. The van der Waals surface area contributed by atoms with Gasteiger partial charge >= 0.3 is 0 Å². The Morgan fingerprint density at radius 2 is 2.07 bits per heavy atom. The zero-order valence-corrected chi connectivity index (χ0v) is 18.0. The molecule has 2 atom stereocenters. The smallest absolute Gasteiger partial charge is 0.191 e.